The zero-order chi connectivity index (χ0) is 5.28. The minimum atomic E-state index is 0.137. The molecule has 1 fully saturated rings. The fourth-order valence-electron chi connectivity index (χ4n) is 0.340. The van der Waals surface area contributed by atoms with Crippen LogP contribution in [0, 0.1) is 17.2 Å². The lowest BCUT2D eigenvalue weighted by molar-refractivity contribution is 0.428. The lowest BCUT2D eigenvalue weighted by Gasteiger charge is -2.18. The fourth-order valence-corrected chi connectivity index (χ4v) is 0.340. The normalized spacial score (nSPS) is 27.5. The Labute approximate surface area is 38.2 Å². The lowest BCUT2D eigenvalue weighted by atomic mass is 10.1. The maximum atomic E-state index is 8.14. The molecule has 0 aromatic heterocycles. The van der Waals surface area contributed by atoms with Gasteiger partial charge in [-0.15, -0.1) is 0 Å². The number of nitrogens with one attached hydrogen (secondary N) is 1. The smallest absolute Gasteiger partial charge is 0.122 e. The zero-order valence-corrected chi connectivity index (χ0v) is 3.39. The van der Waals surface area contributed by atoms with Crippen LogP contribution in [0.5, 0.6) is 0 Å². The van der Waals surface area contributed by atoms with Crippen LogP contribution in [-0.4, -0.2) is 13.1 Å². The molecular formula is C4H6N2. The highest BCUT2D eigenvalue weighted by molar-refractivity contribution is 4.92. The number of rotatable bonds is 0. The molecule has 0 amide bonds. The second-order valence-corrected chi connectivity index (χ2v) is 1.41. The van der Waals surface area contributed by atoms with Crippen molar-refractivity contribution in [2.45, 2.75) is 0 Å². The van der Waals surface area contributed by atoms with E-state index >= 15 is 0 Å². The van der Waals surface area contributed by atoms with Crippen molar-refractivity contribution in [1.29, 1.82) is 5.26 Å². The van der Waals surface area contributed by atoms with Gasteiger partial charge in [-0.05, 0) is 0 Å². The van der Waals surface area contributed by atoms with Gasteiger partial charge in [0.05, 0.1) is 12.0 Å². The van der Waals surface area contributed by atoms with Crippen LogP contribution in [-0.2, 0) is 0 Å². The largest absolute Gasteiger partial charge is 0.314 e. The van der Waals surface area contributed by atoms with E-state index in [1.807, 2.05) is 0 Å². The van der Waals surface area contributed by atoms with Crippen LogP contribution in [0.15, 0.2) is 0 Å². The minimum Gasteiger partial charge on any atom is -0.314 e. The average molecular weight is 83.1 g/mol. The Morgan fingerprint density at radius 3 is 2.83 bits per heavy atom. The maximum Gasteiger partial charge on any atom is 0.122 e. The zero-order valence-electron chi connectivity index (χ0n) is 4.39. The van der Waals surface area contributed by atoms with E-state index in [1.165, 1.54) is 5.31 Å². The number of hydrogen-bond donors (Lipinski definition) is 1. The van der Waals surface area contributed by atoms with Gasteiger partial charge in [0.15, 0.2) is 0 Å². The quantitative estimate of drug-likeness (QED) is 0.437. The van der Waals surface area contributed by atoms with Crippen LogP contribution in [0.25, 0.3) is 0 Å². The van der Waals surface area contributed by atoms with E-state index < -0.39 is 0 Å². The number of nitrogens with zero attached hydrogens (tertiary/aromatic N) is 1. The Hall–Kier alpha value is -0.550. The van der Waals surface area contributed by atoms with Gasteiger partial charge in [0.2, 0.25) is 0 Å². The Morgan fingerprint density at radius 1 is 2.00 bits per heavy atom. The molecule has 0 bridgehead atoms. The first kappa shape index (κ1) is 2.59. The third kappa shape index (κ3) is 0.373. The van der Waals surface area contributed by atoms with Gasteiger partial charge >= 0.3 is 0 Å². The molecule has 0 aromatic rings. The van der Waals surface area contributed by atoms with Gasteiger partial charge in [-0.2, -0.15) is 5.26 Å². The molecule has 1 heterocycles. The van der Waals surface area contributed by atoms with Gasteiger partial charge in [-0.3, -0.25) is 0 Å². The second-order valence-electron chi connectivity index (χ2n) is 1.41. The summed E-state index contributed by atoms with van der Waals surface area (Å²) in [4.78, 5) is 0. The van der Waals surface area contributed by atoms with E-state index in [1.54, 1.807) is 0 Å². The summed E-state index contributed by atoms with van der Waals surface area (Å²) >= 11 is 0. The molecule has 6 heavy (non-hydrogen) atoms. The van der Waals surface area contributed by atoms with Crippen molar-refractivity contribution in [3.8, 4) is 6.07 Å². The summed E-state index contributed by atoms with van der Waals surface area (Å²) in [6, 6.07) is 2.07. The van der Waals surface area contributed by atoms with Gasteiger partial charge in [0.1, 0.15) is 1.41 Å². The average Bonchev–Trinajstić information content (AvgIpc) is 1.58. The molecule has 0 spiro atoms. The first-order valence-electron chi connectivity index (χ1n) is 2.41. The molecule has 0 aromatic carbocycles. The Balaban J connectivity index is 2.21. The van der Waals surface area contributed by atoms with E-state index in [9.17, 15) is 0 Å². The summed E-state index contributed by atoms with van der Waals surface area (Å²) in [7, 11) is 0. The van der Waals surface area contributed by atoms with Crippen molar-refractivity contribution >= 4 is 0 Å². The number of nitriles is 1. The van der Waals surface area contributed by atoms with Crippen LogP contribution >= 0.6 is 0 Å². The van der Waals surface area contributed by atoms with Crippen LogP contribution in [0.2, 0.25) is 1.41 Å². The maximum absolute atomic E-state index is 8.14. The molecule has 0 unspecified atom stereocenters. The molecule has 1 N–H and O–H groups in total. The van der Waals surface area contributed by atoms with E-state index in [4.69, 9.17) is 6.67 Å². The van der Waals surface area contributed by atoms with Crippen molar-refractivity contribution in [2.75, 3.05) is 13.1 Å². The first-order valence-corrected chi connectivity index (χ1v) is 1.96. The standard InChI is InChI=1S/C4H6N2/c5-1-4-2-6-3-4/h4,6H,2-3H2/i/hD. The highest BCUT2D eigenvalue weighted by atomic mass is 14.9. The van der Waals surface area contributed by atoms with Gasteiger partial charge in [-0.25, -0.2) is 0 Å². The van der Waals surface area contributed by atoms with E-state index in [-0.39, 0.29) is 5.92 Å². The summed E-state index contributed by atoms with van der Waals surface area (Å²) < 4.78 is 6.83. The molecule has 2 nitrogen and oxygen atoms in total. The third-order valence-corrected chi connectivity index (χ3v) is 0.882. The molecule has 32 valence electrons. The molecule has 0 aliphatic carbocycles. The van der Waals surface area contributed by atoms with Gasteiger partial charge < -0.3 is 5.31 Å². The SMILES string of the molecule is [2H]N1CC(C#N)C1. The molecule has 1 saturated heterocycles. The second kappa shape index (κ2) is 1.27. The molecule has 1 aliphatic heterocycles. The molecule has 1 aliphatic rings. The monoisotopic (exact) mass is 83.1 g/mol. The molecule has 0 radical (unpaired) electrons. The summed E-state index contributed by atoms with van der Waals surface area (Å²) in [5.41, 5.74) is 0. The van der Waals surface area contributed by atoms with Crippen molar-refractivity contribution in [3.05, 3.63) is 0 Å². The van der Waals surface area contributed by atoms with Crippen LogP contribution in [0.1, 0.15) is 0 Å². The summed E-state index contributed by atoms with van der Waals surface area (Å²) in [5, 5.41) is 9.53. The Bertz CT molecular complexity index is 101. The van der Waals surface area contributed by atoms with Crippen molar-refractivity contribution in [1.82, 2.24) is 5.31 Å². The summed E-state index contributed by atoms with van der Waals surface area (Å²) in [6.45, 7) is 1.27. The van der Waals surface area contributed by atoms with E-state index in [0.29, 0.717) is 13.1 Å². The first-order chi connectivity index (χ1) is 3.33. The van der Waals surface area contributed by atoms with Crippen molar-refractivity contribution in [2.24, 2.45) is 5.92 Å². The molecule has 0 atom stereocenters. The van der Waals surface area contributed by atoms with Gasteiger partial charge in [0.25, 0.3) is 0 Å². The summed E-state index contributed by atoms with van der Waals surface area (Å²) in [5.74, 6) is 0.137. The third-order valence-electron chi connectivity index (χ3n) is 0.882. The predicted molar refractivity (Wildman–Crippen MR) is 22.0 cm³/mol. The highest BCUT2D eigenvalue weighted by Crippen LogP contribution is 1.97. The van der Waals surface area contributed by atoms with Crippen molar-refractivity contribution in [3.63, 3.8) is 0 Å². The lowest BCUT2D eigenvalue weighted by Crippen LogP contribution is -2.40. The van der Waals surface area contributed by atoms with Crippen LogP contribution in [0.4, 0.5) is 0 Å². The molecule has 2 heteroatoms. The summed E-state index contributed by atoms with van der Waals surface area (Å²) in [6.07, 6.45) is 0. The fraction of sp³-hybridized carbons (Fsp3) is 0.750. The highest BCUT2D eigenvalue weighted by Gasteiger charge is 2.13. The van der Waals surface area contributed by atoms with E-state index in [2.05, 4.69) is 6.07 Å². The van der Waals surface area contributed by atoms with Gasteiger partial charge in [-0.1, -0.05) is 0 Å². The van der Waals surface area contributed by atoms with E-state index in [0.717, 1.165) is 0 Å². The number of hydrogen-bond acceptors (Lipinski definition) is 2. The molecular weight excluding hydrogens is 76.1 g/mol. The Morgan fingerprint density at radius 2 is 2.67 bits per heavy atom. The topological polar surface area (TPSA) is 35.8 Å². The minimum absolute atomic E-state index is 0.137. The predicted octanol–water partition coefficient (Wildman–Crippen LogP) is -0.271. The van der Waals surface area contributed by atoms with Crippen molar-refractivity contribution < 1.29 is 1.41 Å². The van der Waals surface area contributed by atoms with Crippen LogP contribution < -0.4 is 5.31 Å². The van der Waals surface area contributed by atoms with Crippen LogP contribution in [0.3, 0.4) is 0 Å². The Kier molecular flexibility index (Phi) is 0.550. The van der Waals surface area contributed by atoms with Gasteiger partial charge in [0, 0.05) is 13.1 Å². The molecule has 0 saturated carbocycles. The molecule has 1 rings (SSSR count).